The predicted octanol–water partition coefficient (Wildman–Crippen LogP) is 6.45. The van der Waals surface area contributed by atoms with Gasteiger partial charge in [0, 0.05) is 16.8 Å². The average molecular weight is 462 g/mol. The standard InChI is InChI=1S/C25H20FN3OS2/c1-16-5-11-19(12-6-16)32-22-14-13-21(30-22)24-23(20-4-2-3-15-27-20)28-25(31)29(24)18-9-7-17(26)8-10-18/h2-15,23-24H,1H3,(H,28,31)/t23-,24+/m1/s1. The first-order chi connectivity index (χ1) is 15.6. The molecule has 2 atom stereocenters. The zero-order valence-corrected chi connectivity index (χ0v) is 18.9. The number of nitrogens with zero attached hydrogens (tertiary/aromatic N) is 2. The van der Waals surface area contributed by atoms with E-state index < -0.39 is 0 Å². The summed E-state index contributed by atoms with van der Waals surface area (Å²) in [6, 6.07) is 23.9. The maximum atomic E-state index is 13.6. The van der Waals surface area contributed by atoms with Gasteiger partial charge in [-0.2, -0.15) is 0 Å². The second-order valence-electron chi connectivity index (χ2n) is 7.54. The van der Waals surface area contributed by atoms with E-state index in [1.165, 1.54) is 17.7 Å². The van der Waals surface area contributed by atoms with Crippen LogP contribution in [0.4, 0.5) is 10.1 Å². The molecular weight excluding hydrogens is 441 g/mol. The first-order valence-corrected chi connectivity index (χ1v) is 11.4. The van der Waals surface area contributed by atoms with E-state index in [2.05, 4.69) is 41.5 Å². The van der Waals surface area contributed by atoms with Crippen LogP contribution in [0, 0.1) is 12.7 Å². The van der Waals surface area contributed by atoms with Crippen molar-refractivity contribution in [1.82, 2.24) is 10.3 Å². The summed E-state index contributed by atoms with van der Waals surface area (Å²) in [5.74, 6) is 0.464. The number of aromatic nitrogens is 1. The normalized spacial score (nSPS) is 18.1. The van der Waals surface area contributed by atoms with Crippen molar-refractivity contribution in [3.63, 3.8) is 0 Å². The highest BCUT2D eigenvalue weighted by Gasteiger charge is 2.42. The van der Waals surface area contributed by atoms with Crippen LogP contribution >= 0.6 is 24.0 Å². The van der Waals surface area contributed by atoms with Crippen LogP contribution in [0.3, 0.4) is 0 Å². The fraction of sp³-hybridized carbons (Fsp3) is 0.120. The molecule has 0 bridgehead atoms. The van der Waals surface area contributed by atoms with Gasteiger partial charge in [-0.1, -0.05) is 35.5 Å². The van der Waals surface area contributed by atoms with Crippen LogP contribution in [-0.4, -0.2) is 10.1 Å². The number of pyridine rings is 1. The third-order valence-electron chi connectivity index (χ3n) is 5.34. The number of nitrogens with one attached hydrogen (secondary N) is 1. The van der Waals surface area contributed by atoms with Gasteiger partial charge in [0.2, 0.25) is 0 Å². The SMILES string of the molecule is Cc1ccc(Sc2ccc([C@H]3[C@@H](c4ccccn4)NC(=S)N3c3ccc(F)cc3)o2)cc1. The molecule has 0 radical (unpaired) electrons. The molecule has 0 spiro atoms. The van der Waals surface area contributed by atoms with Crippen molar-refractivity contribution in [1.29, 1.82) is 0 Å². The lowest BCUT2D eigenvalue weighted by Crippen LogP contribution is -2.29. The quantitative estimate of drug-likeness (QED) is 0.345. The average Bonchev–Trinajstić information content (AvgIpc) is 3.40. The van der Waals surface area contributed by atoms with Crippen LogP contribution in [-0.2, 0) is 0 Å². The Labute approximate surface area is 195 Å². The number of anilines is 1. The van der Waals surface area contributed by atoms with Gasteiger partial charge in [-0.25, -0.2) is 4.39 Å². The molecule has 0 unspecified atom stereocenters. The van der Waals surface area contributed by atoms with Crippen molar-refractivity contribution >= 4 is 34.8 Å². The number of aryl methyl sites for hydroxylation is 1. The van der Waals surface area contributed by atoms with Crippen molar-refractivity contribution < 1.29 is 8.81 Å². The topological polar surface area (TPSA) is 41.3 Å². The molecule has 4 nitrogen and oxygen atoms in total. The number of furan rings is 1. The molecule has 3 heterocycles. The van der Waals surface area contributed by atoms with Crippen molar-refractivity contribution in [3.05, 3.63) is 108 Å². The minimum atomic E-state index is -0.292. The van der Waals surface area contributed by atoms with Crippen LogP contribution < -0.4 is 10.2 Å². The largest absolute Gasteiger partial charge is 0.452 e. The second kappa shape index (κ2) is 8.76. The van der Waals surface area contributed by atoms with Gasteiger partial charge in [-0.3, -0.25) is 4.98 Å². The highest BCUT2D eigenvalue weighted by molar-refractivity contribution is 7.99. The van der Waals surface area contributed by atoms with E-state index in [1.807, 2.05) is 35.2 Å². The van der Waals surface area contributed by atoms with E-state index in [-0.39, 0.29) is 17.9 Å². The summed E-state index contributed by atoms with van der Waals surface area (Å²) in [6.45, 7) is 2.07. The number of benzene rings is 2. The summed E-state index contributed by atoms with van der Waals surface area (Å²) in [6.07, 6.45) is 1.76. The maximum Gasteiger partial charge on any atom is 0.174 e. The Morgan fingerprint density at radius 2 is 1.78 bits per heavy atom. The lowest BCUT2D eigenvalue weighted by Gasteiger charge is -2.26. The molecule has 0 saturated carbocycles. The minimum Gasteiger partial charge on any atom is -0.452 e. The molecule has 4 aromatic rings. The van der Waals surface area contributed by atoms with Crippen molar-refractivity contribution in [2.45, 2.75) is 29.0 Å². The van der Waals surface area contributed by atoms with E-state index in [0.717, 1.165) is 27.1 Å². The van der Waals surface area contributed by atoms with Crippen LogP contribution in [0.2, 0.25) is 0 Å². The predicted molar refractivity (Wildman–Crippen MR) is 128 cm³/mol. The Bertz CT molecular complexity index is 1230. The molecule has 2 aromatic carbocycles. The smallest absolute Gasteiger partial charge is 0.174 e. The van der Waals surface area contributed by atoms with Gasteiger partial charge in [0.15, 0.2) is 10.2 Å². The molecule has 1 N–H and O–H groups in total. The molecule has 1 aliphatic rings. The Balaban J connectivity index is 1.52. The van der Waals surface area contributed by atoms with E-state index in [0.29, 0.717) is 5.11 Å². The van der Waals surface area contributed by atoms with E-state index in [1.54, 1.807) is 30.1 Å². The summed E-state index contributed by atoms with van der Waals surface area (Å²) >= 11 is 7.25. The van der Waals surface area contributed by atoms with E-state index in [9.17, 15) is 4.39 Å². The number of hydrogen-bond acceptors (Lipinski definition) is 4. The van der Waals surface area contributed by atoms with Crippen LogP contribution in [0.25, 0.3) is 0 Å². The molecule has 1 fully saturated rings. The van der Waals surface area contributed by atoms with E-state index in [4.69, 9.17) is 16.6 Å². The molecule has 0 aliphatic carbocycles. The maximum absolute atomic E-state index is 13.6. The van der Waals surface area contributed by atoms with Gasteiger partial charge in [-0.05, 0) is 79.8 Å². The Kier molecular flexibility index (Phi) is 5.68. The van der Waals surface area contributed by atoms with Crippen LogP contribution in [0.1, 0.15) is 29.1 Å². The van der Waals surface area contributed by atoms with Gasteiger partial charge < -0.3 is 14.6 Å². The number of rotatable bonds is 5. The summed E-state index contributed by atoms with van der Waals surface area (Å²) < 4.78 is 19.9. The third kappa shape index (κ3) is 4.13. The highest BCUT2D eigenvalue weighted by atomic mass is 32.2. The Morgan fingerprint density at radius 1 is 1.00 bits per heavy atom. The fourth-order valence-corrected chi connectivity index (χ4v) is 4.92. The molecule has 160 valence electrons. The molecule has 7 heteroatoms. The van der Waals surface area contributed by atoms with Crippen molar-refractivity contribution in [3.8, 4) is 0 Å². The first-order valence-electron chi connectivity index (χ1n) is 10.2. The summed E-state index contributed by atoms with van der Waals surface area (Å²) in [5, 5.41) is 4.72. The molecular formula is C25H20FN3OS2. The van der Waals surface area contributed by atoms with Gasteiger partial charge in [-0.15, -0.1) is 0 Å². The Morgan fingerprint density at radius 3 is 2.50 bits per heavy atom. The zero-order valence-electron chi connectivity index (χ0n) is 17.2. The van der Waals surface area contributed by atoms with Crippen molar-refractivity contribution in [2.75, 3.05) is 4.90 Å². The van der Waals surface area contributed by atoms with Gasteiger partial charge in [0.1, 0.15) is 17.6 Å². The summed E-state index contributed by atoms with van der Waals surface area (Å²) in [7, 11) is 0. The third-order valence-corrected chi connectivity index (χ3v) is 6.58. The fourth-order valence-electron chi connectivity index (χ4n) is 3.79. The Hall–Kier alpha value is -3.16. The number of halogens is 1. The van der Waals surface area contributed by atoms with E-state index >= 15 is 0 Å². The second-order valence-corrected chi connectivity index (χ2v) is 9.01. The number of thiocarbonyl (C=S) groups is 1. The molecule has 1 aliphatic heterocycles. The minimum absolute atomic E-state index is 0.211. The van der Waals surface area contributed by atoms with Gasteiger partial charge in [0.25, 0.3) is 0 Å². The lowest BCUT2D eigenvalue weighted by atomic mass is 10.0. The summed E-state index contributed by atoms with van der Waals surface area (Å²) in [4.78, 5) is 7.61. The molecule has 5 rings (SSSR count). The van der Waals surface area contributed by atoms with Crippen LogP contribution in [0.5, 0.6) is 0 Å². The molecule has 1 saturated heterocycles. The lowest BCUT2D eigenvalue weighted by molar-refractivity contribution is 0.383. The molecule has 32 heavy (non-hydrogen) atoms. The monoisotopic (exact) mass is 461 g/mol. The zero-order chi connectivity index (χ0) is 22.1. The van der Waals surface area contributed by atoms with Crippen LogP contribution in [0.15, 0.2) is 99.5 Å². The highest BCUT2D eigenvalue weighted by Crippen LogP contribution is 2.43. The first kappa shape index (κ1) is 20.7. The van der Waals surface area contributed by atoms with Crippen molar-refractivity contribution in [2.24, 2.45) is 0 Å². The van der Waals surface area contributed by atoms with Gasteiger partial charge >= 0.3 is 0 Å². The molecule has 2 aromatic heterocycles. The summed E-state index contributed by atoms with van der Waals surface area (Å²) in [5.41, 5.74) is 2.86. The molecule has 0 amide bonds. The van der Waals surface area contributed by atoms with Gasteiger partial charge in [0.05, 0.1) is 11.7 Å². The number of hydrogen-bond donors (Lipinski definition) is 1.